The first kappa shape index (κ1) is 12.3. The van der Waals surface area contributed by atoms with Gasteiger partial charge in [0.15, 0.2) is 0 Å². The summed E-state index contributed by atoms with van der Waals surface area (Å²) in [6.07, 6.45) is 4.12. The lowest BCUT2D eigenvalue weighted by Gasteiger charge is -2.42. The molecule has 2 fully saturated rings. The van der Waals surface area contributed by atoms with E-state index >= 15 is 0 Å². The summed E-state index contributed by atoms with van der Waals surface area (Å²) in [5.74, 6) is 0. The Kier molecular flexibility index (Phi) is 4.22. The van der Waals surface area contributed by atoms with E-state index in [1.54, 1.807) is 0 Å². The minimum absolute atomic E-state index is 0.708. The van der Waals surface area contributed by atoms with E-state index in [1.165, 1.54) is 45.4 Å². The third-order valence-electron chi connectivity index (χ3n) is 4.10. The van der Waals surface area contributed by atoms with Crippen LogP contribution in [0.4, 0.5) is 0 Å². The highest BCUT2D eigenvalue weighted by Gasteiger charge is 2.26. The molecule has 0 bridgehead atoms. The second-order valence-corrected chi connectivity index (χ2v) is 5.71. The summed E-state index contributed by atoms with van der Waals surface area (Å²) in [5.41, 5.74) is 0. The molecule has 0 aromatic heterocycles. The van der Waals surface area contributed by atoms with Gasteiger partial charge in [-0.2, -0.15) is 0 Å². The van der Waals surface area contributed by atoms with Crippen molar-refractivity contribution < 1.29 is 0 Å². The molecular weight excluding hydrogens is 198 g/mol. The Morgan fingerprint density at radius 1 is 1.12 bits per heavy atom. The maximum absolute atomic E-state index is 3.59. The lowest BCUT2D eigenvalue weighted by atomic mass is 10.1. The molecule has 16 heavy (non-hydrogen) atoms. The van der Waals surface area contributed by atoms with Gasteiger partial charge in [0.25, 0.3) is 0 Å². The number of rotatable bonds is 5. The Hall–Kier alpha value is -0.120. The third-order valence-corrected chi connectivity index (χ3v) is 4.10. The van der Waals surface area contributed by atoms with Gasteiger partial charge in [-0.25, -0.2) is 0 Å². The molecule has 0 spiro atoms. The average Bonchev–Trinajstić information content (AvgIpc) is 3.04. The zero-order valence-corrected chi connectivity index (χ0v) is 11.1. The van der Waals surface area contributed by atoms with Gasteiger partial charge in [-0.15, -0.1) is 0 Å². The van der Waals surface area contributed by atoms with E-state index in [-0.39, 0.29) is 0 Å². The predicted octanol–water partition coefficient (Wildman–Crippen LogP) is 1.15. The van der Waals surface area contributed by atoms with Crippen LogP contribution in [0.15, 0.2) is 0 Å². The SMILES string of the molecule is CC1CN(CCCNC2CC2)CC(C)N1C. The molecule has 2 atom stereocenters. The summed E-state index contributed by atoms with van der Waals surface area (Å²) in [4.78, 5) is 5.13. The van der Waals surface area contributed by atoms with E-state index in [2.05, 4.69) is 36.0 Å². The molecule has 1 saturated carbocycles. The maximum atomic E-state index is 3.59. The molecule has 1 heterocycles. The zero-order chi connectivity index (χ0) is 11.5. The number of nitrogens with one attached hydrogen (secondary N) is 1. The van der Waals surface area contributed by atoms with Crippen LogP contribution in [0.1, 0.15) is 33.1 Å². The van der Waals surface area contributed by atoms with Crippen LogP contribution < -0.4 is 5.32 Å². The van der Waals surface area contributed by atoms with E-state index in [4.69, 9.17) is 0 Å². The summed E-state index contributed by atoms with van der Waals surface area (Å²) < 4.78 is 0. The molecule has 1 aliphatic carbocycles. The molecule has 3 heteroatoms. The molecule has 0 aromatic rings. The minimum atomic E-state index is 0.708. The minimum Gasteiger partial charge on any atom is -0.314 e. The van der Waals surface area contributed by atoms with Crippen LogP contribution in [0.2, 0.25) is 0 Å². The molecule has 2 unspecified atom stereocenters. The third kappa shape index (κ3) is 3.44. The number of likely N-dealkylation sites (N-methyl/N-ethyl adjacent to an activating group) is 1. The van der Waals surface area contributed by atoms with Gasteiger partial charge in [0.05, 0.1) is 0 Å². The maximum Gasteiger partial charge on any atom is 0.0195 e. The summed E-state index contributed by atoms with van der Waals surface area (Å²) >= 11 is 0. The first-order valence-electron chi connectivity index (χ1n) is 6.84. The number of nitrogens with zero attached hydrogens (tertiary/aromatic N) is 2. The normalized spacial score (nSPS) is 33.2. The highest BCUT2D eigenvalue weighted by molar-refractivity contribution is 4.83. The van der Waals surface area contributed by atoms with Gasteiger partial charge < -0.3 is 10.2 Å². The molecule has 0 amide bonds. The van der Waals surface area contributed by atoms with Crippen LogP contribution >= 0.6 is 0 Å². The molecule has 1 aliphatic heterocycles. The predicted molar refractivity (Wildman–Crippen MR) is 68.8 cm³/mol. The van der Waals surface area contributed by atoms with Crippen LogP contribution in [0.5, 0.6) is 0 Å². The van der Waals surface area contributed by atoms with Crippen molar-refractivity contribution in [3.8, 4) is 0 Å². The summed E-state index contributed by atoms with van der Waals surface area (Å²) in [6, 6.07) is 2.28. The van der Waals surface area contributed by atoms with Gasteiger partial charge in [-0.3, -0.25) is 4.90 Å². The molecular formula is C13H27N3. The largest absolute Gasteiger partial charge is 0.314 e. The monoisotopic (exact) mass is 225 g/mol. The van der Waals surface area contributed by atoms with E-state index < -0.39 is 0 Å². The van der Waals surface area contributed by atoms with E-state index in [0.717, 1.165) is 6.04 Å². The Morgan fingerprint density at radius 3 is 2.31 bits per heavy atom. The fourth-order valence-corrected chi connectivity index (χ4v) is 2.59. The first-order chi connectivity index (χ1) is 7.66. The molecule has 94 valence electrons. The van der Waals surface area contributed by atoms with Crippen molar-refractivity contribution in [2.75, 3.05) is 33.2 Å². The zero-order valence-electron chi connectivity index (χ0n) is 11.1. The van der Waals surface area contributed by atoms with Crippen molar-refractivity contribution in [2.24, 2.45) is 0 Å². The standard InChI is InChI=1S/C13H27N3/c1-11-9-16(10-12(2)15(11)3)8-4-7-14-13-5-6-13/h11-14H,4-10H2,1-3H3. The van der Waals surface area contributed by atoms with Crippen LogP contribution in [0.3, 0.4) is 0 Å². The van der Waals surface area contributed by atoms with Crippen LogP contribution in [-0.2, 0) is 0 Å². The summed E-state index contributed by atoms with van der Waals surface area (Å²) in [6.45, 7) is 9.63. The van der Waals surface area contributed by atoms with Crippen molar-refractivity contribution in [3.63, 3.8) is 0 Å². The van der Waals surface area contributed by atoms with Crippen LogP contribution in [0.25, 0.3) is 0 Å². The van der Waals surface area contributed by atoms with Gasteiger partial charge in [-0.05, 0) is 53.2 Å². The van der Waals surface area contributed by atoms with Crippen molar-refractivity contribution >= 4 is 0 Å². The Morgan fingerprint density at radius 2 is 1.75 bits per heavy atom. The molecule has 1 N–H and O–H groups in total. The lowest BCUT2D eigenvalue weighted by Crippen LogP contribution is -2.55. The van der Waals surface area contributed by atoms with Gasteiger partial charge in [-0.1, -0.05) is 0 Å². The molecule has 0 aromatic carbocycles. The van der Waals surface area contributed by atoms with Crippen molar-refractivity contribution in [1.29, 1.82) is 0 Å². The summed E-state index contributed by atoms with van der Waals surface area (Å²) in [5, 5.41) is 3.59. The number of piperazine rings is 1. The topological polar surface area (TPSA) is 18.5 Å². The van der Waals surface area contributed by atoms with Crippen molar-refractivity contribution in [1.82, 2.24) is 15.1 Å². The van der Waals surface area contributed by atoms with E-state index in [9.17, 15) is 0 Å². The molecule has 1 saturated heterocycles. The van der Waals surface area contributed by atoms with Crippen molar-refractivity contribution in [2.45, 2.75) is 51.2 Å². The Labute approximate surface area is 100 Å². The first-order valence-corrected chi connectivity index (χ1v) is 6.84. The molecule has 2 aliphatic rings. The van der Waals surface area contributed by atoms with Gasteiger partial charge in [0.1, 0.15) is 0 Å². The van der Waals surface area contributed by atoms with Gasteiger partial charge in [0, 0.05) is 31.2 Å². The second-order valence-electron chi connectivity index (χ2n) is 5.71. The van der Waals surface area contributed by atoms with Gasteiger partial charge >= 0.3 is 0 Å². The highest BCUT2D eigenvalue weighted by Crippen LogP contribution is 2.18. The molecule has 3 nitrogen and oxygen atoms in total. The van der Waals surface area contributed by atoms with Crippen LogP contribution in [-0.4, -0.2) is 61.2 Å². The number of hydrogen-bond donors (Lipinski definition) is 1. The smallest absolute Gasteiger partial charge is 0.0195 e. The highest BCUT2D eigenvalue weighted by atomic mass is 15.3. The second kappa shape index (κ2) is 5.48. The fourth-order valence-electron chi connectivity index (χ4n) is 2.59. The van der Waals surface area contributed by atoms with E-state index in [1.807, 2.05) is 0 Å². The van der Waals surface area contributed by atoms with Gasteiger partial charge in [0.2, 0.25) is 0 Å². The molecule has 2 rings (SSSR count). The van der Waals surface area contributed by atoms with E-state index in [0.29, 0.717) is 12.1 Å². The number of hydrogen-bond acceptors (Lipinski definition) is 3. The fraction of sp³-hybridized carbons (Fsp3) is 1.00. The Bertz CT molecular complexity index is 203. The molecule has 0 radical (unpaired) electrons. The summed E-state index contributed by atoms with van der Waals surface area (Å²) in [7, 11) is 2.25. The Balaban J connectivity index is 1.61. The van der Waals surface area contributed by atoms with Crippen molar-refractivity contribution in [3.05, 3.63) is 0 Å². The quantitative estimate of drug-likeness (QED) is 0.708. The average molecular weight is 225 g/mol. The van der Waals surface area contributed by atoms with Crippen LogP contribution in [0, 0.1) is 0 Å². The lowest BCUT2D eigenvalue weighted by molar-refractivity contribution is 0.0595.